The van der Waals surface area contributed by atoms with Gasteiger partial charge in [0, 0.05) is 31.4 Å². The lowest BCUT2D eigenvalue weighted by Crippen LogP contribution is -2.42. The van der Waals surface area contributed by atoms with Gasteiger partial charge >= 0.3 is 0 Å². The zero-order valence-electron chi connectivity index (χ0n) is 14.1. The van der Waals surface area contributed by atoms with Crippen molar-refractivity contribution in [3.8, 4) is 0 Å². The van der Waals surface area contributed by atoms with Gasteiger partial charge in [-0.25, -0.2) is 4.39 Å². The predicted octanol–water partition coefficient (Wildman–Crippen LogP) is 3.13. The van der Waals surface area contributed by atoms with Gasteiger partial charge in [0.25, 0.3) is 0 Å². The number of carbonyl (C=O) groups excluding carboxylic acids is 1. The highest BCUT2D eigenvalue weighted by Crippen LogP contribution is 2.16. The molecule has 2 aromatic rings. The van der Waals surface area contributed by atoms with Gasteiger partial charge in [0.1, 0.15) is 5.82 Å². The molecule has 0 heterocycles. The Kier molecular flexibility index (Phi) is 6.77. The zero-order valence-corrected chi connectivity index (χ0v) is 14.8. The maximum absolute atomic E-state index is 12.9. The molecule has 2 aromatic carbocycles. The van der Waals surface area contributed by atoms with Crippen LogP contribution in [0.1, 0.15) is 5.56 Å². The average molecular weight is 363 g/mol. The van der Waals surface area contributed by atoms with E-state index in [1.54, 1.807) is 7.05 Å². The van der Waals surface area contributed by atoms with Gasteiger partial charge in [0.05, 0.1) is 6.54 Å². The number of amides is 1. The van der Waals surface area contributed by atoms with Crippen LogP contribution in [0.5, 0.6) is 0 Å². The Morgan fingerprint density at radius 1 is 1.20 bits per heavy atom. The second-order valence-corrected chi connectivity index (χ2v) is 5.81. The molecule has 0 fully saturated rings. The van der Waals surface area contributed by atoms with E-state index in [0.717, 1.165) is 5.56 Å². The normalized spacial score (nSPS) is 11.1. The van der Waals surface area contributed by atoms with Crippen molar-refractivity contribution in [2.24, 2.45) is 4.99 Å². The summed E-state index contributed by atoms with van der Waals surface area (Å²) in [6.45, 7) is 0.593. The Balaban J connectivity index is 1.87. The highest BCUT2D eigenvalue weighted by atomic mass is 35.5. The predicted molar refractivity (Wildman–Crippen MR) is 99.3 cm³/mol. The molecule has 0 bridgehead atoms. The van der Waals surface area contributed by atoms with Crippen LogP contribution in [0.15, 0.2) is 53.5 Å². The van der Waals surface area contributed by atoms with Crippen LogP contribution >= 0.6 is 11.6 Å². The van der Waals surface area contributed by atoms with Gasteiger partial charge in [0.15, 0.2) is 5.96 Å². The highest BCUT2D eigenvalue weighted by Gasteiger charge is 2.10. The molecule has 0 aliphatic rings. The molecule has 0 saturated heterocycles. The van der Waals surface area contributed by atoms with Gasteiger partial charge in [0.2, 0.25) is 5.91 Å². The number of halogens is 2. The lowest BCUT2D eigenvalue weighted by atomic mass is 10.2. The van der Waals surface area contributed by atoms with E-state index in [2.05, 4.69) is 15.6 Å². The summed E-state index contributed by atoms with van der Waals surface area (Å²) in [5.41, 5.74) is 1.50. The zero-order chi connectivity index (χ0) is 18.2. The van der Waals surface area contributed by atoms with Gasteiger partial charge in [-0.15, -0.1) is 0 Å². The van der Waals surface area contributed by atoms with Crippen molar-refractivity contribution in [1.82, 2.24) is 10.2 Å². The molecule has 0 atom stereocenters. The van der Waals surface area contributed by atoms with Crippen molar-refractivity contribution in [2.45, 2.75) is 6.54 Å². The maximum Gasteiger partial charge on any atom is 0.243 e. The van der Waals surface area contributed by atoms with Crippen LogP contribution in [0.25, 0.3) is 0 Å². The fraction of sp³-hybridized carbons (Fsp3) is 0.222. The van der Waals surface area contributed by atoms with E-state index in [9.17, 15) is 9.18 Å². The Labute approximate surface area is 151 Å². The first kappa shape index (κ1) is 18.7. The molecule has 0 spiro atoms. The van der Waals surface area contributed by atoms with E-state index in [1.807, 2.05) is 36.2 Å². The summed E-state index contributed by atoms with van der Waals surface area (Å²) in [5, 5.41) is 6.35. The SMILES string of the molecule is CN=C(NCC(=O)Nc1ccc(F)cc1)N(C)Cc1ccccc1Cl. The molecule has 132 valence electrons. The summed E-state index contributed by atoms with van der Waals surface area (Å²) >= 11 is 6.17. The molecule has 0 radical (unpaired) electrons. The quantitative estimate of drug-likeness (QED) is 0.634. The van der Waals surface area contributed by atoms with Crippen molar-refractivity contribution in [3.63, 3.8) is 0 Å². The highest BCUT2D eigenvalue weighted by molar-refractivity contribution is 6.31. The minimum absolute atomic E-state index is 0.0386. The Bertz CT molecular complexity index is 749. The molecule has 0 unspecified atom stereocenters. The summed E-state index contributed by atoms with van der Waals surface area (Å²) in [7, 11) is 3.50. The van der Waals surface area contributed by atoms with Gasteiger partial charge in [-0.3, -0.25) is 9.79 Å². The Morgan fingerprint density at radius 3 is 2.52 bits per heavy atom. The van der Waals surface area contributed by atoms with E-state index in [-0.39, 0.29) is 18.3 Å². The van der Waals surface area contributed by atoms with Gasteiger partial charge in [-0.1, -0.05) is 29.8 Å². The number of benzene rings is 2. The fourth-order valence-electron chi connectivity index (χ4n) is 2.24. The van der Waals surface area contributed by atoms with Crippen molar-refractivity contribution < 1.29 is 9.18 Å². The molecule has 5 nitrogen and oxygen atoms in total. The standard InChI is InChI=1S/C18H20ClFN4O/c1-21-18(24(2)12-13-5-3-4-6-16(13)19)22-11-17(25)23-15-9-7-14(20)8-10-15/h3-10H,11-12H2,1-2H3,(H,21,22)(H,23,25). The average Bonchev–Trinajstić information content (AvgIpc) is 2.59. The molecule has 2 N–H and O–H groups in total. The third-order valence-electron chi connectivity index (χ3n) is 3.47. The molecule has 0 saturated carbocycles. The van der Waals surface area contributed by atoms with Crippen LogP contribution in [0.2, 0.25) is 5.02 Å². The molecule has 2 rings (SSSR count). The molecular formula is C18H20ClFN4O. The van der Waals surface area contributed by atoms with Gasteiger partial charge in [-0.05, 0) is 35.9 Å². The topological polar surface area (TPSA) is 56.7 Å². The minimum Gasteiger partial charge on any atom is -0.347 e. The smallest absolute Gasteiger partial charge is 0.243 e. The number of aliphatic imine (C=N–C) groups is 1. The van der Waals surface area contributed by atoms with Crippen molar-refractivity contribution in [2.75, 3.05) is 26.0 Å². The van der Waals surface area contributed by atoms with Crippen molar-refractivity contribution in [3.05, 3.63) is 64.9 Å². The lowest BCUT2D eigenvalue weighted by Gasteiger charge is -2.22. The molecule has 1 amide bonds. The van der Waals surface area contributed by atoms with E-state index < -0.39 is 0 Å². The first-order chi connectivity index (χ1) is 12.0. The first-order valence-electron chi connectivity index (χ1n) is 7.70. The monoisotopic (exact) mass is 362 g/mol. The van der Waals surface area contributed by atoms with Crippen molar-refractivity contribution >= 4 is 29.2 Å². The first-order valence-corrected chi connectivity index (χ1v) is 8.08. The third-order valence-corrected chi connectivity index (χ3v) is 3.84. The summed E-state index contributed by atoms with van der Waals surface area (Å²) in [4.78, 5) is 18.0. The largest absolute Gasteiger partial charge is 0.347 e. The second-order valence-electron chi connectivity index (χ2n) is 5.40. The number of rotatable bonds is 5. The summed E-state index contributed by atoms with van der Waals surface area (Å²) in [6, 6.07) is 13.2. The van der Waals surface area contributed by atoms with Crippen LogP contribution in [-0.4, -0.2) is 37.4 Å². The molecule has 7 heteroatoms. The van der Waals surface area contributed by atoms with Crippen LogP contribution in [-0.2, 0) is 11.3 Å². The number of carbonyl (C=O) groups is 1. The molecule has 25 heavy (non-hydrogen) atoms. The number of hydrogen-bond donors (Lipinski definition) is 2. The Hall–Kier alpha value is -2.60. The minimum atomic E-state index is -0.349. The molecule has 0 aromatic heterocycles. The molecular weight excluding hydrogens is 343 g/mol. The molecule has 0 aliphatic carbocycles. The third kappa shape index (κ3) is 5.76. The van der Waals surface area contributed by atoms with E-state index >= 15 is 0 Å². The molecule has 0 aliphatic heterocycles. The van der Waals surface area contributed by atoms with Crippen LogP contribution in [0.3, 0.4) is 0 Å². The summed E-state index contributed by atoms with van der Waals surface area (Å²) in [6.07, 6.45) is 0. The number of anilines is 1. The lowest BCUT2D eigenvalue weighted by molar-refractivity contribution is -0.115. The van der Waals surface area contributed by atoms with Gasteiger partial charge < -0.3 is 15.5 Å². The van der Waals surface area contributed by atoms with Gasteiger partial charge in [-0.2, -0.15) is 0 Å². The van der Waals surface area contributed by atoms with Crippen LogP contribution in [0.4, 0.5) is 10.1 Å². The maximum atomic E-state index is 12.9. The summed E-state index contributed by atoms with van der Waals surface area (Å²) < 4.78 is 12.9. The Morgan fingerprint density at radius 2 is 1.88 bits per heavy atom. The van der Waals surface area contributed by atoms with Crippen molar-refractivity contribution in [1.29, 1.82) is 0 Å². The number of nitrogens with zero attached hydrogens (tertiary/aromatic N) is 2. The number of nitrogens with one attached hydrogen (secondary N) is 2. The fourth-order valence-corrected chi connectivity index (χ4v) is 2.43. The van der Waals surface area contributed by atoms with E-state index in [4.69, 9.17) is 11.6 Å². The number of guanidine groups is 1. The number of hydrogen-bond acceptors (Lipinski definition) is 2. The van der Waals surface area contributed by atoms with Crippen LogP contribution in [0, 0.1) is 5.82 Å². The van der Waals surface area contributed by atoms with E-state index in [0.29, 0.717) is 23.2 Å². The van der Waals surface area contributed by atoms with Crippen LogP contribution < -0.4 is 10.6 Å². The van der Waals surface area contributed by atoms with E-state index in [1.165, 1.54) is 24.3 Å². The summed E-state index contributed by atoms with van der Waals surface area (Å²) in [5.74, 6) is -0.0363. The second kappa shape index (κ2) is 9.03.